The molecule has 0 unspecified atom stereocenters. The Morgan fingerprint density at radius 2 is 1.31 bits per heavy atom. The Hall–Kier alpha value is -0.724. The van der Waals surface area contributed by atoms with Crippen molar-refractivity contribution in [2.45, 2.75) is 53.4 Å². The first kappa shape index (κ1) is 25.3. The van der Waals surface area contributed by atoms with Crippen molar-refractivity contribution < 1.29 is 18.9 Å². The highest BCUT2D eigenvalue weighted by molar-refractivity contribution is 8.46. The quantitative estimate of drug-likeness (QED) is 0.433. The summed E-state index contributed by atoms with van der Waals surface area (Å²) in [7, 11) is -2.62. The Bertz CT molecular complexity index is 568. The highest BCUT2D eigenvalue weighted by atomic mass is 32.3. The van der Waals surface area contributed by atoms with Crippen LogP contribution < -0.4 is 0 Å². The van der Waals surface area contributed by atoms with Gasteiger partial charge in [0.1, 0.15) is 0 Å². The van der Waals surface area contributed by atoms with Gasteiger partial charge < -0.3 is 9.29 Å². The third-order valence-electron chi connectivity index (χ3n) is 4.84. The predicted molar refractivity (Wildman–Crippen MR) is 117 cm³/mol. The Labute approximate surface area is 174 Å². The smallest absolute Gasteiger partial charge is 0.347 e. The van der Waals surface area contributed by atoms with Crippen molar-refractivity contribution in [2.75, 3.05) is 23.0 Å². The van der Waals surface area contributed by atoms with E-state index in [4.69, 9.17) is 9.29 Å². The number of aromatic carboxylic acids is 1. The summed E-state index contributed by atoms with van der Waals surface area (Å²) in [5.41, 5.74) is 0.458. The van der Waals surface area contributed by atoms with Gasteiger partial charge in [-0.1, -0.05) is 33.8 Å². The zero-order chi connectivity index (χ0) is 18.9. The first-order chi connectivity index (χ1) is 11.8. The SMILES string of the molecule is CCC[SH](CCC)(CCC)(CCC)OC(=O)c1cccc(C(=O)O)c1.[MgH2]. The molecule has 0 fully saturated rings. The maximum absolute atomic E-state index is 13.0. The zero-order valence-corrected chi connectivity index (χ0v) is 17.0. The molecule has 0 saturated carbocycles. The first-order valence-corrected chi connectivity index (χ1v) is 12.3. The van der Waals surface area contributed by atoms with Crippen LogP contribution in [0, 0.1) is 0 Å². The zero-order valence-electron chi connectivity index (χ0n) is 16.1. The molecule has 0 spiro atoms. The minimum absolute atomic E-state index is 0. The molecule has 0 aliphatic rings. The van der Waals surface area contributed by atoms with Gasteiger partial charge in [-0.25, -0.2) is 9.59 Å². The number of hydrogen-bond acceptors (Lipinski definition) is 3. The number of carboxylic acid groups (broad SMARTS) is 1. The summed E-state index contributed by atoms with van der Waals surface area (Å²) < 4.78 is 6.41. The third-order valence-corrected chi connectivity index (χ3v) is 11.8. The number of rotatable bonds is 11. The summed E-state index contributed by atoms with van der Waals surface area (Å²) in [6.07, 6.45) is 4.00. The number of carbonyl (C=O) groups is 2. The average molecular weight is 397 g/mol. The molecule has 1 aromatic rings. The molecule has 0 saturated heterocycles. The van der Waals surface area contributed by atoms with Crippen LogP contribution in [0.15, 0.2) is 24.3 Å². The fourth-order valence-corrected chi connectivity index (χ4v) is 11.0. The molecule has 1 aromatic carbocycles. The molecule has 6 heteroatoms. The summed E-state index contributed by atoms with van der Waals surface area (Å²) >= 11 is 0. The van der Waals surface area contributed by atoms with Gasteiger partial charge in [0.15, 0.2) is 0 Å². The van der Waals surface area contributed by atoms with E-state index >= 15 is 0 Å². The lowest BCUT2D eigenvalue weighted by Crippen LogP contribution is -2.36. The van der Waals surface area contributed by atoms with Crippen molar-refractivity contribution in [3.63, 3.8) is 0 Å². The van der Waals surface area contributed by atoms with Gasteiger partial charge in [-0.15, -0.1) is 0 Å². The molecule has 0 aliphatic carbocycles. The molecule has 148 valence electrons. The highest BCUT2D eigenvalue weighted by Gasteiger charge is 2.41. The summed E-state index contributed by atoms with van der Waals surface area (Å²) in [6, 6.07) is 6.17. The molecule has 1 rings (SSSR count). The third kappa shape index (κ3) is 6.17. The lowest BCUT2D eigenvalue weighted by Gasteiger charge is -2.61. The van der Waals surface area contributed by atoms with E-state index in [1.54, 1.807) is 12.1 Å². The fourth-order valence-electron chi connectivity index (χ4n) is 4.18. The lowest BCUT2D eigenvalue weighted by atomic mass is 10.1. The Kier molecular flexibility index (Phi) is 10.9. The topological polar surface area (TPSA) is 63.6 Å². The summed E-state index contributed by atoms with van der Waals surface area (Å²) in [6.45, 7) is 8.62. The van der Waals surface area contributed by atoms with Gasteiger partial charge in [0, 0.05) is 0 Å². The number of benzene rings is 1. The summed E-state index contributed by atoms with van der Waals surface area (Å²) in [5.74, 6) is 2.47. The molecule has 0 aliphatic heterocycles. The van der Waals surface area contributed by atoms with Crippen LogP contribution in [0.5, 0.6) is 0 Å². The van der Waals surface area contributed by atoms with Crippen LogP contribution in [0.4, 0.5) is 0 Å². The Balaban J connectivity index is 0.00000625. The molecule has 0 atom stereocenters. The molecule has 0 aromatic heterocycles. The molecule has 0 amide bonds. The first-order valence-electron chi connectivity index (χ1n) is 9.43. The molecule has 1 N–H and O–H groups in total. The second kappa shape index (κ2) is 11.2. The molecule has 0 bridgehead atoms. The van der Waals surface area contributed by atoms with Gasteiger partial charge in [0.2, 0.25) is 0 Å². The van der Waals surface area contributed by atoms with E-state index in [0.717, 1.165) is 48.7 Å². The van der Waals surface area contributed by atoms with E-state index in [2.05, 4.69) is 27.7 Å². The molecular formula is C20H36MgO4S. The van der Waals surface area contributed by atoms with Crippen LogP contribution in [0.3, 0.4) is 0 Å². The molecule has 26 heavy (non-hydrogen) atoms. The maximum atomic E-state index is 13.0. The number of carbonyl (C=O) groups excluding carboxylic acids is 1. The molecule has 0 radical (unpaired) electrons. The van der Waals surface area contributed by atoms with Crippen LogP contribution in [-0.4, -0.2) is 63.1 Å². The van der Waals surface area contributed by atoms with E-state index in [9.17, 15) is 9.59 Å². The number of hydrogen-bond donors (Lipinski definition) is 2. The minimum atomic E-state index is -2.62. The van der Waals surface area contributed by atoms with E-state index < -0.39 is 15.4 Å². The van der Waals surface area contributed by atoms with Crippen molar-refractivity contribution in [2.24, 2.45) is 0 Å². The van der Waals surface area contributed by atoms with Crippen LogP contribution in [-0.2, 0) is 4.18 Å². The Morgan fingerprint density at radius 3 is 1.69 bits per heavy atom. The van der Waals surface area contributed by atoms with Crippen LogP contribution in [0.25, 0.3) is 0 Å². The van der Waals surface area contributed by atoms with E-state index in [-0.39, 0.29) is 34.6 Å². The molecular weight excluding hydrogens is 361 g/mol. The van der Waals surface area contributed by atoms with Gasteiger partial charge in [0.05, 0.1) is 11.1 Å². The second-order valence-electron chi connectivity index (χ2n) is 7.02. The van der Waals surface area contributed by atoms with Gasteiger partial charge in [-0.3, -0.25) is 0 Å². The number of thiol groups is 1. The van der Waals surface area contributed by atoms with Gasteiger partial charge in [0.25, 0.3) is 0 Å². The van der Waals surface area contributed by atoms with E-state index in [1.165, 1.54) is 12.1 Å². The minimum Gasteiger partial charge on any atom is -0.478 e. The van der Waals surface area contributed by atoms with Crippen molar-refractivity contribution in [3.8, 4) is 0 Å². The number of carboxylic acids is 1. The molecule has 0 heterocycles. The molecule has 4 nitrogen and oxygen atoms in total. The van der Waals surface area contributed by atoms with Crippen LogP contribution in [0.1, 0.15) is 74.1 Å². The van der Waals surface area contributed by atoms with Crippen LogP contribution >= 0.6 is 9.44 Å². The lowest BCUT2D eigenvalue weighted by molar-refractivity contribution is 0.0697. The van der Waals surface area contributed by atoms with E-state index in [0.29, 0.717) is 5.56 Å². The Morgan fingerprint density at radius 1 is 0.885 bits per heavy atom. The average Bonchev–Trinajstić information content (AvgIpc) is 2.56. The van der Waals surface area contributed by atoms with Crippen molar-refractivity contribution >= 4 is 44.4 Å². The standard InChI is InChI=1S/C20H34O4S.Mg.2H/c1-5-12-25(13-6-2,14-7-3,15-8-4)24-20(23)18-11-9-10-17(16-18)19(21)22;;;/h9-11,16,25H,5-8,12-15H2,1-4H3,(H,21,22);;;. The highest BCUT2D eigenvalue weighted by Crippen LogP contribution is 2.71. The van der Waals surface area contributed by atoms with Gasteiger partial charge >= 0.3 is 35.0 Å². The summed E-state index contributed by atoms with van der Waals surface area (Å²) in [5, 5.41) is 9.17. The van der Waals surface area contributed by atoms with Crippen molar-refractivity contribution in [1.82, 2.24) is 0 Å². The van der Waals surface area contributed by atoms with Gasteiger partial charge in [-0.2, -0.15) is 9.44 Å². The normalized spacial score (nSPS) is 12.5. The maximum Gasteiger partial charge on any atom is 0.347 e. The predicted octanol–water partition coefficient (Wildman–Crippen LogP) is 4.25. The van der Waals surface area contributed by atoms with Crippen molar-refractivity contribution in [3.05, 3.63) is 35.4 Å². The van der Waals surface area contributed by atoms with Gasteiger partial charge in [-0.05, 0) is 66.9 Å². The summed E-state index contributed by atoms with van der Waals surface area (Å²) in [4.78, 5) is 24.1. The second-order valence-corrected chi connectivity index (χ2v) is 12.7. The van der Waals surface area contributed by atoms with Crippen molar-refractivity contribution in [1.29, 1.82) is 0 Å². The van der Waals surface area contributed by atoms with E-state index in [1.807, 2.05) is 0 Å². The monoisotopic (exact) mass is 396 g/mol. The fraction of sp³-hybridized carbons (Fsp3) is 0.600. The largest absolute Gasteiger partial charge is 0.478 e. The van der Waals surface area contributed by atoms with Crippen LogP contribution in [0.2, 0.25) is 0 Å².